The average molecular weight is 227 g/mol. The Morgan fingerprint density at radius 3 is 2.57 bits per heavy atom. The summed E-state index contributed by atoms with van der Waals surface area (Å²) in [6.45, 7) is -1.43. The first kappa shape index (κ1) is 10.9. The second-order valence-electron chi connectivity index (χ2n) is 2.44. The zero-order valence-corrected chi connectivity index (χ0v) is 7.56. The van der Waals surface area contributed by atoms with Crippen LogP contribution in [-0.2, 0) is 0 Å². The van der Waals surface area contributed by atoms with E-state index in [1.54, 1.807) is 0 Å². The maximum Gasteiger partial charge on any atom is 0.422 e. The van der Waals surface area contributed by atoms with Crippen LogP contribution in [0.4, 0.5) is 18.9 Å². The Bertz CT molecular complexity index is 309. The highest BCUT2D eigenvalue weighted by Gasteiger charge is 2.29. The van der Waals surface area contributed by atoms with Crippen LogP contribution in [0.25, 0.3) is 0 Å². The number of nitrogens with two attached hydrogens (primary N) is 1. The number of nitrogens with zero attached hydrogens (tertiary/aromatic N) is 1. The molecule has 78 valence electrons. The number of rotatable bonds is 2. The van der Waals surface area contributed by atoms with Crippen LogP contribution in [0, 0.1) is 0 Å². The molecule has 7 heteroatoms. The lowest BCUT2D eigenvalue weighted by Crippen LogP contribution is -2.19. The number of hydrogen-bond donors (Lipinski definition) is 1. The fourth-order valence-electron chi connectivity index (χ4n) is 0.744. The van der Waals surface area contributed by atoms with Crippen LogP contribution in [0.1, 0.15) is 0 Å². The Balaban J connectivity index is 2.77. The van der Waals surface area contributed by atoms with Gasteiger partial charge in [0.2, 0.25) is 0 Å². The highest BCUT2D eigenvalue weighted by atomic mass is 35.5. The Hall–Kier alpha value is -1.17. The molecule has 0 fully saturated rings. The molecular formula is C7H6ClF3N2O. The number of hydrogen-bond acceptors (Lipinski definition) is 3. The Labute approximate surface area is 82.6 Å². The number of alkyl halides is 3. The SMILES string of the molecule is Nc1cncc(Cl)c1OCC(F)(F)F. The van der Waals surface area contributed by atoms with E-state index in [1.165, 1.54) is 0 Å². The van der Waals surface area contributed by atoms with Crippen LogP contribution in [0.5, 0.6) is 5.75 Å². The first-order chi connectivity index (χ1) is 6.40. The van der Waals surface area contributed by atoms with Crippen LogP contribution in [0.3, 0.4) is 0 Å². The predicted octanol–water partition coefficient (Wildman–Crippen LogP) is 2.26. The predicted molar refractivity (Wildman–Crippen MR) is 45.2 cm³/mol. The van der Waals surface area contributed by atoms with Crippen molar-refractivity contribution < 1.29 is 17.9 Å². The minimum absolute atomic E-state index is 0.0262. The number of nitrogen functional groups attached to an aromatic ring is 1. The molecule has 14 heavy (non-hydrogen) atoms. The van der Waals surface area contributed by atoms with Crippen LogP contribution >= 0.6 is 11.6 Å². The van der Waals surface area contributed by atoms with Crippen molar-refractivity contribution in [3.05, 3.63) is 17.4 Å². The summed E-state index contributed by atoms with van der Waals surface area (Å²) in [6.07, 6.45) is -2.10. The van der Waals surface area contributed by atoms with Crippen molar-refractivity contribution in [2.45, 2.75) is 6.18 Å². The van der Waals surface area contributed by atoms with Crippen LogP contribution in [0.2, 0.25) is 5.02 Å². The summed E-state index contributed by atoms with van der Waals surface area (Å²) >= 11 is 5.52. The average Bonchev–Trinajstić information content (AvgIpc) is 2.01. The van der Waals surface area contributed by atoms with E-state index in [4.69, 9.17) is 17.3 Å². The number of anilines is 1. The minimum atomic E-state index is -4.42. The third-order valence-corrected chi connectivity index (χ3v) is 1.53. The molecule has 0 unspecified atom stereocenters. The van der Waals surface area contributed by atoms with Gasteiger partial charge >= 0.3 is 6.18 Å². The molecule has 0 aliphatic heterocycles. The summed E-state index contributed by atoms with van der Waals surface area (Å²) < 4.78 is 39.8. The summed E-state index contributed by atoms with van der Waals surface area (Å²) in [7, 11) is 0. The second kappa shape index (κ2) is 3.91. The summed E-state index contributed by atoms with van der Waals surface area (Å²) in [5, 5.41) is -0.0470. The van der Waals surface area contributed by atoms with Crippen molar-refractivity contribution in [3.63, 3.8) is 0 Å². The molecule has 0 spiro atoms. The van der Waals surface area contributed by atoms with E-state index in [1.807, 2.05) is 0 Å². The molecule has 0 radical (unpaired) electrons. The number of ether oxygens (including phenoxy) is 1. The monoisotopic (exact) mass is 226 g/mol. The van der Waals surface area contributed by atoms with Gasteiger partial charge in [-0.15, -0.1) is 0 Å². The summed E-state index contributed by atoms with van der Waals surface area (Å²) in [6, 6.07) is 0. The first-order valence-corrected chi connectivity index (χ1v) is 3.86. The molecule has 0 amide bonds. The van der Waals surface area contributed by atoms with E-state index in [2.05, 4.69) is 9.72 Å². The smallest absolute Gasteiger partial charge is 0.422 e. The molecule has 1 aromatic rings. The number of halogens is 4. The van der Waals surface area contributed by atoms with E-state index in [9.17, 15) is 13.2 Å². The molecule has 1 rings (SSSR count). The summed E-state index contributed by atoms with van der Waals surface area (Å²) in [4.78, 5) is 3.57. The van der Waals surface area contributed by atoms with E-state index in [0.717, 1.165) is 12.4 Å². The highest BCUT2D eigenvalue weighted by Crippen LogP contribution is 2.30. The quantitative estimate of drug-likeness (QED) is 0.842. The molecule has 3 nitrogen and oxygen atoms in total. The van der Waals surface area contributed by atoms with Gasteiger partial charge in [0.25, 0.3) is 0 Å². The topological polar surface area (TPSA) is 48.1 Å². The second-order valence-corrected chi connectivity index (χ2v) is 2.85. The molecule has 0 saturated heterocycles. The third-order valence-electron chi connectivity index (χ3n) is 1.26. The van der Waals surface area contributed by atoms with Crippen molar-refractivity contribution in [2.24, 2.45) is 0 Å². The molecule has 0 aliphatic carbocycles. The lowest BCUT2D eigenvalue weighted by atomic mass is 10.4. The van der Waals surface area contributed by atoms with Gasteiger partial charge < -0.3 is 10.5 Å². The van der Waals surface area contributed by atoms with Gasteiger partial charge in [-0.2, -0.15) is 13.2 Å². The van der Waals surface area contributed by atoms with Crippen molar-refractivity contribution in [1.29, 1.82) is 0 Å². The van der Waals surface area contributed by atoms with Gasteiger partial charge in [0.15, 0.2) is 12.4 Å². The third kappa shape index (κ3) is 2.95. The van der Waals surface area contributed by atoms with Crippen molar-refractivity contribution in [1.82, 2.24) is 4.98 Å². The van der Waals surface area contributed by atoms with Gasteiger partial charge in [-0.05, 0) is 0 Å². The lowest BCUT2D eigenvalue weighted by molar-refractivity contribution is -0.153. The molecule has 1 heterocycles. The fourth-order valence-corrected chi connectivity index (χ4v) is 0.964. The Morgan fingerprint density at radius 2 is 2.07 bits per heavy atom. The number of aromatic nitrogens is 1. The van der Waals surface area contributed by atoms with E-state index in [0.29, 0.717) is 0 Å². The lowest BCUT2D eigenvalue weighted by Gasteiger charge is -2.11. The van der Waals surface area contributed by atoms with Gasteiger partial charge in [0.05, 0.1) is 11.9 Å². The molecule has 2 N–H and O–H groups in total. The fraction of sp³-hybridized carbons (Fsp3) is 0.286. The van der Waals surface area contributed by atoms with Gasteiger partial charge in [0, 0.05) is 6.20 Å². The molecule has 0 bridgehead atoms. The van der Waals surface area contributed by atoms with Gasteiger partial charge in [-0.3, -0.25) is 4.98 Å². The molecule has 1 aromatic heterocycles. The zero-order chi connectivity index (χ0) is 10.8. The molecule has 0 saturated carbocycles. The summed E-state index contributed by atoms with van der Waals surface area (Å²) in [5.41, 5.74) is 5.29. The molecule has 0 atom stereocenters. The maximum atomic E-state index is 11.8. The Kier molecular flexibility index (Phi) is 3.05. The van der Waals surface area contributed by atoms with Gasteiger partial charge in [0.1, 0.15) is 5.02 Å². The highest BCUT2D eigenvalue weighted by molar-refractivity contribution is 6.32. The normalized spacial score (nSPS) is 11.4. The van der Waals surface area contributed by atoms with Gasteiger partial charge in [-0.25, -0.2) is 0 Å². The Morgan fingerprint density at radius 1 is 1.43 bits per heavy atom. The van der Waals surface area contributed by atoms with E-state index >= 15 is 0 Å². The largest absolute Gasteiger partial charge is 0.480 e. The molecule has 0 aromatic carbocycles. The minimum Gasteiger partial charge on any atom is -0.480 e. The zero-order valence-electron chi connectivity index (χ0n) is 6.81. The molecular weight excluding hydrogens is 221 g/mol. The van der Waals surface area contributed by atoms with Crippen molar-refractivity contribution in [2.75, 3.05) is 12.3 Å². The maximum absolute atomic E-state index is 11.8. The van der Waals surface area contributed by atoms with Crippen LogP contribution in [0.15, 0.2) is 12.4 Å². The van der Waals surface area contributed by atoms with Crippen molar-refractivity contribution >= 4 is 17.3 Å². The molecule has 0 aliphatic rings. The van der Waals surface area contributed by atoms with Crippen LogP contribution < -0.4 is 10.5 Å². The van der Waals surface area contributed by atoms with Crippen molar-refractivity contribution in [3.8, 4) is 5.75 Å². The summed E-state index contributed by atoms with van der Waals surface area (Å²) in [5.74, 6) is -0.195. The van der Waals surface area contributed by atoms with Gasteiger partial charge in [-0.1, -0.05) is 11.6 Å². The van der Waals surface area contributed by atoms with Crippen LogP contribution in [-0.4, -0.2) is 17.8 Å². The standard InChI is InChI=1S/C7H6ClF3N2O/c8-4-1-13-2-5(12)6(4)14-3-7(9,10)11/h1-2H,3,12H2. The first-order valence-electron chi connectivity index (χ1n) is 3.48. The van der Waals surface area contributed by atoms with E-state index in [-0.39, 0.29) is 16.5 Å². The van der Waals surface area contributed by atoms with E-state index < -0.39 is 12.8 Å². The number of pyridine rings is 1.